The fourth-order valence-corrected chi connectivity index (χ4v) is 4.13. The van der Waals surface area contributed by atoms with Crippen molar-refractivity contribution in [2.45, 2.75) is 58.8 Å². The van der Waals surface area contributed by atoms with Gasteiger partial charge in [0, 0.05) is 18.6 Å². The molecule has 2 rings (SSSR count). The van der Waals surface area contributed by atoms with Gasteiger partial charge in [-0.25, -0.2) is 0 Å². The minimum atomic E-state index is 0.219. The lowest BCUT2D eigenvalue weighted by Crippen LogP contribution is -2.45. The summed E-state index contributed by atoms with van der Waals surface area (Å²) in [5.74, 6) is 1.76. The fourth-order valence-electron chi connectivity index (χ4n) is 4.13. The van der Waals surface area contributed by atoms with E-state index in [1.807, 2.05) is 0 Å². The van der Waals surface area contributed by atoms with Gasteiger partial charge in [-0.2, -0.15) is 0 Å². The van der Waals surface area contributed by atoms with E-state index in [1.54, 1.807) is 0 Å². The number of likely N-dealkylation sites (tertiary alicyclic amines) is 1. The van der Waals surface area contributed by atoms with Gasteiger partial charge in [-0.1, -0.05) is 33.1 Å². The highest BCUT2D eigenvalue weighted by Gasteiger charge is 2.36. The first kappa shape index (κ1) is 14.3. The Morgan fingerprint density at radius 1 is 1.22 bits per heavy atom. The van der Waals surface area contributed by atoms with Gasteiger partial charge in [-0.05, 0) is 50.6 Å². The van der Waals surface area contributed by atoms with E-state index in [9.17, 15) is 5.11 Å². The average Bonchev–Trinajstić information content (AvgIpc) is 2.39. The Morgan fingerprint density at radius 3 is 2.50 bits per heavy atom. The summed E-state index contributed by atoms with van der Waals surface area (Å²) < 4.78 is 0. The van der Waals surface area contributed by atoms with Crippen LogP contribution in [0.3, 0.4) is 0 Å². The smallest absolute Gasteiger partial charge is 0.0499 e. The summed E-state index contributed by atoms with van der Waals surface area (Å²) in [5, 5.41) is 9.86. The Bertz CT molecular complexity index is 247. The summed E-state index contributed by atoms with van der Waals surface area (Å²) in [7, 11) is 0. The summed E-state index contributed by atoms with van der Waals surface area (Å²) >= 11 is 0. The second-order valence-electron chi connectivity index (χ2n) is 6.99. The van der Waals surface area contributed by atoms with E-state index in [2.05, 4.69) is 18.7 Å². The summed E-state index contributed by atoms with van der Waals surface area (Å²) in [6, 6.07) is 0. The monoisotopic (exact) mass is 253 g/mol. The van der Waals surface area contributed by atoms with Crippen molar-refractivity contribution < 1.29 is 5.11 Å². The Hall–Kier alpha value is -0.0800. The predicted octanol–water partition coefficient (Wildman–Crippen LogP) is 3.30. The molecule has 2 aliphatic rings. The highest BCUT2D eigenvalue weighted by atomic mass is 16.3. The van der Waals surface area contributed by atoms with Crippen molar-refractivity contribution in [3.63, 3.8) is 0 Å². The molecule has 0 spiro atoms. The van der Waals surface area contributed by atoms with E-state index in [1.165, 1.54) is 58.0 Å². The first-order valence-electron chi connectivity index (χ1n) is 8.00. The van der Waals surface area contributed by atoms with Crippen LogP contribution in [0.4, 0.5) is 0 Å². The molecule has 0 aromatic rings. The van der Waals surface area contributed by atoms with Crippen LogP contribution in [0.5, 0.6) is 0 Å². The average molecular weight is 253 g/mol. The van der Waals surface area contributed by atoms with E-state index in [-0.39, 0.29) is 5.41 Å². The summed E-state index contributed by atoms with van der Waals surface area (Å²) in [5.41, 5.74) is 0.219. The molecule has 2 fully saturated rings. The third-order valence-electron chi connectivity index (χ3n) is 5.36. The summed E-state index contributed by atoms with van der Waals surface area (Å²) in [6.45, 7) is 8.73. The minimum absolute atomic E-state index is 0.219. The molecule has 0 amide bonds. The van der Waals surface area contributed by atoms with Crippen molar-refractivity contribution in [1.82, 2.24) is 4.90 Å². The van der Waals surface area contributed by atoms with E-state index in [0.29, 0.717) is 6.61 Å². The molecule has 1 saturated carbocycles. The molecule has 2 atom stereocenters. The highest BCUT2D eigenvalue weighted by Crippen LogP contribution is 2.40. The molecule has 1 N–H and O–H groups in total. The number of nitrogens with zero attached hydrogens (tertiary/aromatic N) is 1. The summed E-state index contributed by atoms with van der Waals surface area (Å²) in [6.07, 6.45) is 9.22. The van der Waals surface area contributed by atoms with Crippen molar-refractivity contribution in [3.8, 4) is 0 Å². The van der Waals surface area contributed by atoms with E-state index in [4.69, 9.17) is 0 Å². The Kier molecular flexibility index (Phi) is 5.08. The van der Waals surface area contributed by atoms with Gasteiger partial charge in [-0.3, -0.25) is 0 Å². The molecule has 106 valence electrons. The molecular formula is C16H31NO. The molecule has 2 nitrogen and oxygen atoms in total. The Labute approximate surface area is 113 Å². The molecule has 0 radical (unpaired) electrons. The topological polar surface area (TPSA) is 23.5 Å². The lowest BCUT2D eigenvalue weighted by molar-refractivity contribution is 0.0139. The van der Waals surface area contributed by atoms with Gasteiger partial charge >= 0.3 is 0 Å². The van der Waals surface area contributed by atoms with Crippen LogP contribution >= 0.6 is 0 Å². The van der Waals surface area contributed by atoms with Gasteiger partial charge in [0.25, 0.3) is 0 Å². The zero-order chi connectivity index (χ0) is 13.0. The standard InChI is InChI=1S/C16H31NO/c1-3-15-6-9-17(10-7-15)12-16(13-18)8-4-5-14(2)11-16/h14-15,18H,3-13H2,1-2H3. The normalized spacial score (nSPS) is 35.8. The number of piperidine rings is 1. The van der Waals surface area contributed by atoms with Gasteiger partial charge in [0.1, 0.15) is 0 Å². The minimum Gasteiger partial charge on any atom is -0.396 e. The number of hydrogen-bond donors (Lipinski definition) is 1. The van der Waals surface area contributed by atoms with Gasteiger partial charge in [0.05, 0.1) is 0 Å². The molecule has 1 heterocycles. The van der Waals surface area contributed by atoms with Crippen LogP contribution in [-0.4, -0.2) is 36.2 Å². The van der Waals surface area contributed by atoms with E-state index < -0.39 is 0 Å². The quantitative estimate of drug-likeness (QED) is 0.831. The molecule has 18 heavy (non-hydrogen) atoms. The molecular weight excluding hydrogens is 222 g/mol. The van der Waals surface area contributed by atoms with Gasteiger partial charge in [0.15, 0.2) is 0 Å². The van der Waals surface area contributed by atoms with Crippen molar-refractivity contribution in [1.29, 1.82) is 0 Å². The number of rotatable bonds is 4. The van der Waals surface area contributed by atoms with Crippen molar-refractivity contribution >= 4 is 0 Å². The number of aliphatic hydroxyl groups is 1. The second-order valence-corrected chi connectivity index (χ2v) is 6.99. The fraction of sp³-hybridized carbons (Fsp3) is 1.00. The maximum absolute atomic E-state index is 9.86. The van der Waals surface area contributed by atoms with Crippen LogP contribution in [0.1, 0.15) is 58.8 Å². The zero-order valence-corrected chi connectivity index (χ0v) is 12.3. The molecule has 0 aromatic carbocycles. The Balaban J connectivity index is 1.86. The molecule has 2 unspecified atom stereocenters. The molecule has 2 heteroatoms. The molecule has 1 aliphatic carbocycles. The van der Waals surface area contributed by atoms with Gasteiger partial charge in [0.2, 0.25) is 0 Å². The Morgan fingerprint density at radius 2 is 1.94 bits per heavy atom. The predicted molar refractivity (Wildman–Crippen MR) is 76.6 cm³/mol. The number of hydrogen-bond acceptors (Lipinski definition) is 2. The van der Waals surface area contributed by atoms with Crippen LogP contribution in [0.2, 0.25) is 0 Å². The van der Waals surface area contributed by atoms with Crippen molar-refractivity contribution in [2.24, 2.45) is 17.3 Å². The van der Waals surface area contributed by atoms with Crippen LogP contribution < -0.4 is 0 Å². The number of aliphatic hydroxyl groups excluding tert-OH is 1. The first-order chi connectivity index (χ1) is 8.67. The summed E-state index contributed by atoms with van der Waals surface area (Å²) in [4.78, 5) is 2.63. The zero-order valence-electron chi connectivity index (χ0n) is 12.3. The third-order valence-corrected chi connectivity index (χ3v) is 5.36. The molecule has 0 bridgehead atoms. The van der Waals surface area contributed by atoms with Crippen LogP contribution in [0.25, 0.3) is 0 Å². The maximum Gasteiger partial charge on any atom is 0.0499 e. The molecule has 1 saturated heterocycles. The highest BCUT2D eigenvalue weighted by molar-refractivity contribution is 4.88. The lowest BCUT2D eigenvalue weighted by Gasteiger charge is -2.44. The van der Waals surface area contributed by atoms with E-state index in [0.717, 1.165) is 18.4 Å². The van der Waals surface area contributed by atoms with Crippen LogP contribution in [-0.2, 0) is 0 Å². The molecule has 0 aromatic heterocycles. The largest absolute Gasteiger partial charge is 0.396 e. The maximum atomic E-state index is 9.86. The first-order valence-corrected chi connectivity index (χ1v) is 8.00. The van der Waals surface area contributed by atoms with Gasteiger partial charge < -0.3 is 10.0 Å². The van der Waals surface area contributed by atoms with Gasteiger partial charge in [-0.15, -0.1) is 0 Å². The van der Waals surface area contributed by atoms with Crippen molar-refractivity contribution in [3.05, 3.63) is 0 Å². The van der Waals surface area contributed by atoms with Crippen molar-refractivity contribution in [2.75, 3.05) is 26.2 Å². The van der Waals surface area contributed by atoms with Crippen LogP contribution in [0, 0.1) is 17.3 Å². The third kappa shape index (κ3) is 3.48. The van der Waals surface area contributed by atoms with Crippen LogP contribution in [0.15, 0.2) is 0 Å². The SMILES string of the molecule is CCC1CCN(CC2(CO)CCCC(C)C2)CC1. The molecule has 1 aliphatic heterocycles. The lowest BCUT2D eigenvalue weighted by atomic mass is 9.70. The van der Waals surface area contributed by atoms with E-state index >= 15 is 0 Å². The second kappa shape index (κ2) is 6.38.